The topological polar surface area (TPSA) is 80.1 Å². The third kappa shape index (κ3) is 5.31. The van der Waals surface area contributed by atoms with E-state index in [9.17, 15) is 14.0 Å². The lowest BCUT2D eigenvalue weighted by molar-refractivity contribution is -0.117. The van der Waals surface area contributed by atoms with Crippen LogP contribution in [0.1, 0.15) is 19.3 Å². The molecule has 0 spiro atoms. The maximum absolute atomic E-state index is 14.2. The molecule has 170 valence electrons. The molecule has 1 saturated heterocycles. The van der Waals surface area contributed by atoms with E-state index in [4.69, 9.17) is 0 Å². The van der Waals surface area contributed by atoms with Gasteiger partial charge in [-0.3, -0.25) is 14.2 Å². The Kier molecular flexibility index (Phi) is 7.19. The van der Waals surface area contributed by atoms with Crippen molar-refractivity contribution < 1.29 is 14.0 Å². The van der Waals surface area contributed by atoms with Gasteiger partial charge in [-0.1, -0.05) is 30.0 Å². The Balaban J connectivity index is 1.34. The lowest BCUT2D eigenvalue weighted by Gasteiger charge is -2.16. The molecule has 2 heterocycles. The number of halogens is 1. The summed E-state index contributed by atoms with van der Waals surface area (Å²) in [5, 5.41) is 11.8. The van der Waals surface area contributed by atoms with Gasteiger partial charge >= 0.3 is 0 Å². The number of amides is 2. The number of anilines is 2. The molecule has 0 atom stereocenters. The van der Waals surface area contributed by atoms with Gasteiger partial charge < -0.3 is 10.2 Å². The number of carbonyl (C=O) groups excluding carboxylic acids is 2. The van der Waals surface area contributed by atoms with Crippen molar-refractivity contribution in [3.05, 3.63) is 67.0 Å². The lowest BCUT2D eigenvalue weighted by Crippen LogP contribution is -2.23. The fraction of sp³-hybridized carbons (Fsp3) is 0.250. The smallest absolute Gasteiger partial charge is 0.227 e. The molecule has 2 amide bonds. The Morgan fingerprint density at radius 3 is 2.67 bits per heavy atom. The summed E-state index contributed by atoms with van der Waals surface area (Å²) in [4.78, 5) is 26.0. The normalized spacial score (nSPS) is 13.4. The predicted octanol–water partition coefficient (Wildman–Crippen LogP) is 4.52. The van der Waals surface area contributed by atoms with Gasteiger partial charge in [-0.2, -0.15) is 0 Å². The largest absolute Gasteiger partial charge is 0.326 e. The summed E-state index contributed by atoms with van der Waals surface area (Å²) in [5.74, 6) is 0.546. The summed E-state index contributed by atoms with van der Waals surface area (Å²) in [6, 6.07) is 13.7. The standard InChI is InChI=1S/C24H24FN5O2S/c1-2-14-30-23(19-6-3-4-7-20(19)25)27-28-24(30)33-16-13-21(31)26-17-9-11-18(12-10-17)29-15-5-8-22(29)32/h2-4,6-7,9-12H,1,5,8,13-16H2,(H,26,31). The zero-order chi connectivity index (χ0) is 23.2. The molecule has 1 aliphatic heterocycles. The number of allylic oxidation sites excluding steroid dienone is 1. The molecule has 4 rings (SSSR count). The first-order valence-corrected chi connectivity index (χ1v) is 11.7. The van der Waals surface area contributed by atoms with Crippen molar-refractivity contribution in [3.63, 3.8) is 0 Å². The average Bonchev–Trinajstić information content (AvgIpc) is 3.41. The zero-order valence-electron chi connectivity index (χ0n) is 18.0. The van der Waals surface area contributed by atoms with Crippen molar-refractivity contribution in [1.82, 2.24) is 14.8 Å². The number of aromatic nitrogens is 3. The minimum atomic E-state index is -0.369. The molecule has 7 nitrogen and oxygen atoms in total. The van der Waals surface area contributed by atoms with Crippen LogP contribution in [-0.2, 0) is 16.1 Å². The van der Waals surface area contributed by atoms with Gasteiger partial charge in [0.25, 0.3) is 0 Å². The van der Waals surface area contributed by atoms with Gasteiger partial charge in [-0.05, 0) is 42.8 Å². The van der Waals surface area contributed by atoms with Crippen molar-refractivity contribution >= 4 is 35.0 Å². The molecule has 0 radical (unpaired) electrons. The molecule has 33 heavy (non-hydrogen) atoms. The first-order chi connectivity index (χ1) is 16.1. The van der Waals surface area contributed by atoms with Crippen LogP contribution < -0.4 is 10.2 Å². The van der Waals surface area contributed by atoms with E-state index < -0.39 is 0 Å². The summed E-state index contributed by atoms with van der Waals surface area (Å²) < 4.78 is 16.0. The highest BCUT2D eigenvalue weighted by Gasteiger charge is 2.21. The van der Waals surface area contributed by atoms with Gasteiger partial charge in [0.05, 0.1) is 5.56 Å². The zero-order valence-corrected chi connectivity index (χ0v) is 18.9. The number of carbonyl (C=O) groups is 2. The summed E-state index contributed by atoms with van der Waals surface area (Å²) in [7, 11) is 0. The van der Waals surface area contributed by atoms with Crippen molar-refractivity contribution in [2.24, 2.45) is 0 Å². The van der Waals surface area contributed by atoms with Crippen LogP contribution in [0.15, 0.2) is 66.3 Å². The molecule has 0 bridgehead atoms. The molecule has 9 heteroatoms. The first-order valence-electron chi connectivity index (χ1n) is 10.7. The van der Waals surface area contributed by atoms with Crippen LogP contribution in [0.25, 0.3) is 11.4 Å². The number of thioether (sulfide) groups is 1. The summed E-state index contributed by atoms with van der Waals surface area (Å²) in [5.41, 5.74) is 1.89. The average molecular weight is 466 g/mol. The maximum Gasteiger partial charge on any atom is 0.227 e. The molecule has 1 N–H and O–H groups in total. The molecule has 0 unspecified atom stereocenters. The van der Waals surface area contributed by atoms with Gasteiger partial charge in [0, 0.05) is 43.1 Å². The molecule has 1 aromatic heterocycles. The summed E-state index contributed by atoms with van der Waals surface area (Å²) in [6.45, 7) is 4.92. The highest BCUT2D eigenvalue weighted by atomic mass is 32.2. The second kappa shape index (κ2) is 10.4. The van der Waals surface area contributed by atoms with Crippen LogP contribution in [-0.4, -0.2) is 38.9 Å². The van der Waals surface area contributed by atoms with Gasteiger partial charge in [0.1, 0.15) is 5.82 Å². The van der Waals surface area contributed by atoms with Crippen molar-refractivity contribution in [2.45, 2.75) is 31.0 Å². The number of hydrogen-bond donors (Lipinski definition) is 1. The van der Waals surface area contributed by atoms with E-state index in [0.717, 1.165) is 18.7 Å². The lowest BCUT2D eigenvalue weighted by atomic mass is 10.2. The van der Waals surface area contributed by atoms with Gasteiger partial charge in [-0.25, -0.2) is 4.39 Å². The van der Waals surface area contributed by atoms with E-state index in [-0.39, 0.29) is 24.1 Å². The maximum atomic E-state index is 14.2. The molecule has 0 aliphatic carbocycles. The second-order valence-electron chi connectivity index (χ2n) is 7.53. The van der Waals surface area contributed by atoms with Crippen molar-refractivity contribution in [2.75, 3.05) is 22.5 Å². The van der Waals surface area contributed by atoms with E-state index >= 15 is 0 Å². The molecule has 3 aromatic rings. The summed E-state index contributed by atoms with van der Waals surface area (Å²) >= 11 is 1.38. The Morgan fingerprint density at radius 1 is 1.18 bits per heavy atom. The Bertz CT molecular complexity index is 1160. The number of rotatable bonds is 9. The van der Waals surface area contributed by atoms with Gasteiger partial charge in [0.2, 0.25) is 11.8 Å². The van der Waals surface area contributed by atoms with Crippen LogP contribution in [0.4, 0.5) is 15.8 Å². The van der Waals surface area contributed by atoms with E-state index in [2.05, 4.69) is 22.1 Å². The molecule has 1 fully saturated rings. The van der Waals surface area contributed by atoms with E-state index in [1.165, 1.54) is 17.8 Å². The van der Waals surface area contributed by atoms with Crippen LogP contribution in [0.5, 0.6) is 0 Å². The van der Waals surface area contributed by atoms with Crippen molar-refractivity contribution in [3.8, 4) is 11.4 Å². The summed E-state index contributed by atoms with van der Waals surface area (Å²) in [6.07, 6.45) is 3.42. The number of nitrogens with one attached hydrogen (secondary N) is 1. The fourth-order valence-electron chi connectivity index (χ4n) is 3.64. The minimum Gasteiger partial charge on any atom is -0.326 e. The van der Waals surface area contributed by atoms with Crippen LogP contribution in [0.3, 0.4) is 0 Å². The monoisotopic (exact) mass is 465 g/mol. The number of benzene rings is 2. The SMILES string of the molecule is C=CCn1c(SCCC(=O)Nc2ccc(N3CCCC3=O)cc2)nnc1-c1ccccc1F. The van der Waals surface area contributed by atoms with E-state index in [1.807, 2.05) is 12.1 Å². The third-order valence-corrected chi connectivity index (χ3v) is 6.21. The third-order valence-electron chi connectivity index (χ3n) is 5.24. The predicted molar refractivity (Wildman–Crippen MR) is 128 cm³/mol. The Hall–Kier alpha value is -3.46. The molecule has 0 saturated carbocycles. The van der Waals surface area contributed by atoms with Crippen LogP contribution >= 0.6 is 11.8 Å². The Morgan fingerprint density at radius 2 is 1.97 bits per heavy atom. The van der Waals surface area contributed by atoms with Gasteiger partial charge in [-0.15, -0.1) is 16.8 Å². The fourth-order valence-corrected chi connectivity index (χ4v) is 4.52. The molecule has 1 aliphatic rings. The molecular formula is C24H24FN5O2S. The Labute approximate surface area is 195 Å². The van der Waals surface area contributed by atoms with Crippen molar-refractivity contribution in [1.29, 1.82) is 0 Å². The second-order valence-corrected chi connectivity index (χ2v) is 8.59. The van der Waals surface area contributed by atoms with Gasteiger partial charge in [0.15, 0.2) is 11.0 Å². The number of hydrogen-bond acceptors (Lipinski definition) is 5. The van der Waals surface area contributed by atoms with Crippen LogP contribution in [0, 0.1) is 5.82 Å². The first kappa shape index (κ1) is 22.7. The van der Waals surface area contributed by atoms with E-state index in [1.54, 1.807) is 45.9 Å². The minimum absolute atomic E-state index is 0.128. The number of nitrogens with zero attached hydrogens (tertiary/aromatic N) is 4. The quantitative estimate of drug-likeness (QED) is 0.371. The molecular weight excluding hydrogens is 441 g/mol. The highest BCUT2D eigenvalue weighted by Crippen LogP contribution is 2.27. The highest BCUT2D eigenvalue weighted by molar-refractivity contribution is 7.99. The molecule has 2 aromatic carbocycles. The van der Waals surface area contributed by atoms with E-state index in [0.29, 0.717) is 41.0 Å². The van der Waals surface area contributed by atoms with Crippen LogP contribution in [0.2, 0.25) is 0 Å².